The number of guanidine groups is 1. The van der Waals surface area contributed by atoms with E-state index in [9.17, 15) is 4.79 Å². The van der Waals surface area contributed by atoms with E-state index in [0.29, 0.717) is 25.5 Å². The van der Waals surface area contributed by atoms with E-state index in [1.807, 2.05) is 37.4 Å². The summed E-state index contributed by atoms with van der Waals surface area (Å²) in [6.45, 7) is 5.58. The lowest BCUT2D eigenvalue weighted by Crippen LogP contribution is -2.40. The molecule has 1 unspecified atom stereocenters. The van der Waals surface area contributed by atoms with Crippen molar-refractivity contribution < 1.29 is 4.79 Å². The fourth-order valence-electron chi connectivity index (χ4n) is 3.87. The molecule has 2 N–H and O–H groups in total. The fourth-order valence-corrected chi connectivity index (χ4v) is 3.87. The largest absolute Gasteiger partial charge is 0.372 e. The number of hydrogen-bond acceptors (Lipinski definition) is 3. The van der Waals surface area contributed by atoms with Crippen LogP contribution >= 0.6 is 24.0 Å². The second-order valence-electron chi connectivity index (χ2n) is 8.14. The molecule has 7 heteroatoms. The first-order valence-electron chi connectivity index (χ1n) is 11.2. The lowest BCUT2D eigenvalue weighted by molar-refractivity contribution is -0.130. The van der Waals surface area contributed by atoms with Crippen LogP contribution < -0.4 is 15.5 Å². The van der Waals surface area contributed by atoms with Crippen molar-refractivity contribution in [2.24, 2.45) is 4.99 Å². The summed E-state index contributed by atoms with van der Waals surface area (Å²) in [5.41, 5.74) is 3.65. The molecular formula is C25H36IN5O. The number of carbonyl (C=O) groups is 1. The number of nitrogens with one attached hydrogen (secondary N) is 2. The van der Waals surface area contributed by atoms with Gasteiger partial charge in [0.05, 0.1) is 6.04 Å². The van der Waals surface area contributed by atoms with Crippen molar-refractivity contribution in [1.29, 1.82) is 0 Å². The molecule has 2 aromatic carbocycles. The number of carbonyl (C=O) groups excluding carboxylic acids is 1. The molecule has 1 heterocycles. The van der Waals surface area contributed by atoms with E-state index in [1.54, 1.807) is 11.9 Å². The zero-order chi connectivity index (χ0) is 22.1. The third kappa shape index (κ3) is 7.69. The Kier molecular flexibility index (Phi) is 10.8. The van der Waals surface area contributed by atoms with Crippen LogP contribution in [0.1, 0.15) is 43.4 Å². The van der Waals surface area contributed by atoms with Gasteiger partial charge in [0.2, 0.25) is 5.91 Å². The highest BCUT2D eigenvalue weighted by Gasteiger charge is 2.15. The lowest BCUT2D eigenvalue weighted by atomic mass is 10.1. The summed E-state index contributed by atoms with van der Waals surface area (Å²) in [6.07, 6.45) is 2.96. The SMILES string of the molecule is CN=C(NCCC(=O)N(C)Cc1ccccc1)NC(C)c1cccc(N2CCCC2)c1.I. The summed E-state index contributed by atoms with van der Waals surface area (Å²) in [6, 6.07) is 18.9. The molecule has 32 heavy (non-hydrogen) atoms. The zero-order valence-electron chi connectivity index (χ0n) is 19.4. The summed E-state index contributed by atoms with van der Waals surface area (Å²) >= 11 is 0. The number of nitrogens with zero attached hydrogens (tertiary/aromatic N) is 3. The van der Waals surface area contributed by atoms with Gasteiger partial charge in [0.25, 0.3) is 0 Å². The topological polar surface area (TPSA) is 60.0 Å². The van der Waals surface area contributed by atoms with Crippen molar-refractivity contribution in [2.75, 3.05) is 38.6 Å². The monoisotopic (exact) mass is 549 g/mol. The Morgan fingerprint density at radius 2 is 1.84 bits per heavy atom. The minimum absolute atomic E-state index is 0. The number of benzene rings is 2. The molecule has 1 atom stereocenters. The number of halogens is 1. The third-order valence-electron chi connectivity index (χ3n) is 5.74. The molecule has 0 radical (unpaired) electrons. The first kappa shape index (κ1) is 26.0. The molecule has 3 rings (SSSR count). The molecule has 0 saturated carbocycles. The van der Waals surface area contributed by atoms with Crippen LogP contribution in [0.25, 0.3) is 0 Å². The van der Waals surface area contributed by atoms with Crippen molar-refractivity contribution in [3.05, 3.63) is 65.7 Å². The first-order valence-corrected chi connectivity index (χ1v) is 11.2. The average molecular weight is 550 g/mol. The molecule has 0 aliphatic carbocycles. The van der Waals surface area contributed by atoms with Crippen LogP contribution in [-0.4, -0.2) is 50.5 Å². The van der Waals surface area contributed by atoms with Crippen LogP contribution in [0.3, 0.4) is 0 Å². The van der Waals surface area contributed by atoms with E-state index in [4.69, 9.17) is 0 Å². The lowest BCUT2D eigenvalue weighted by Gasteiger charge is -2.22. The Labute approximate surface area is 209 Å². The Morgan fingerprint density at radius 3 is 2.53 bits per heavy atom. The van der Waals surface area contributed by atoms with Crippen molar-refractivity contribution in [3.8, 4) is 0 Å². The van der Waals surface area contributed by atoms with E-state index >= 15 is 0 Å². The van der Waals surface area contributed by atoms with Crippen molar-refractivity contribution >= 4 is 41.5 Å². The van der Waals surface area contributed by atoms with Crippen molar-refractivity contribution in [3.63, 3.8) is 0 Å². The zero-order valence-corrected chi connectivity index (χ0v) is 21.7. The Bertz CT molecular complexity index is 868. The van der Waals surface area contributed by atoms with Crippen LogP contribution in [-0.2, 0) is 11.3 Å². The van der Waals surface area contributed by atoms with E-state index in [2.05, 4.69) is 51.7 Å². The van der Waals surface area contributed by atoms with Gasteiger partial charge in [-0.25, -0.2) is 0 Å². The highest BCUT2D eigenvalue weighted by molar-refractivity contribution is 14.0. The van der Waals surface area contributed by atoms with Crippen LogP contribution in [0.15, 0.2) is 59.6 Å². The van der Waals surface area contributed by atoms with E-state index in [-0.39, 0.29) is 35.9 Å². The average Bonchev–Trinajstić information content (AvgIpc) is 3.34. The maximum absolute atomic E-state index is 12.4. The van der Waals surface area contributed by atoms with Crippen LogP contribution in [0, 0.1) is 0 Å². The second kappa shape index (κ2) is 13.3. The highest BCUT2D eigenvalue weighted by Crippen LogP contribution is 2.23. The van der Waals surface area contributed by atoms with Crippen molar-refractivity contribution in [2.45, 2.75) is 38.8 Å². The van der Waals surface area contributed by atoms with Gasteiger partial charge in [-0.3, -0.25) is 9.79 Å². The fraction of sp³-hybridized carbons (Fsp3) is 0.440. The molecule has 0 spiro atoms. The molecule has 6 nitrogen and oxygen atoms in total. The summed E-state index contributed by atoms with van der Waals surface area (Å²) in [7, 11) is 3.60. The molecule has 174 valence electrons. The van der Waals surface area contributed by atoms with E-state index in [1.165, 1.54) is 24.1 Å². The molecular weight excluding hydrogens is 513 g/mol. The van der Waals surface area contributed by atoms with Gasteiger partial charge in [0, 0.05) is 52.4 Å². The third-order valence-corrected chi connectivity index (χ3v) is 5.74. The number of rotatable bonds is 8. The number of anilines is 1. The minimum atomic E-state index is 0. The Hall–Kier alpha value is -2.29. The van der Waals surface area contributed by atoms with Gasteiger partial charge in [-0.2, -0.15) is 0 Å². The second-order valence-corrected chi connectivity index (χ2v) is 8.14. The van der Waals surface area contributed by atoms with Gasteiger partial charge in [-0.1, -0.05) is 42.5 Å². The molecule has 0 aromatic heterocycles. The number of aliphatic imine (C=N–C) groups is 1. The molecule has 1 saturated heterocycles. The smallest absolute Gasteiger partial charge is 0.224 e. The highest BCUT2D eigenvalue weighted by atomic mass is 127. The van der Waals surface area contributed by atoms with Gasteiger partial charge < -0.3 is 20.4 Å². The maximum Gasteiger partial charge on any atom is 0.224 e. The van der Waals surface area contributed by atoms with Gasteiger partial charge in [-0.15, -0.1) is 24.0 Å². The van der Waals surface area contributed by atoms with Gasteiger partial charge in [0.1, 0.15) is 0 Å². The van der Waals surface area contributed by atoms with E-state index in [0.717, 1.165) is 18.7 Å². The predicted molar refractivity (Wildman–Crippen MR) is 144 cm³/mol. The molecule has 1 fully saturated rings. The van der Waals surface area contributed by atoms with Crippen LogP contribution in [0.4, 0.5) is 5.69 Å². The van der Waals surface area contributed by atoms with Crippen LogP contribution in [0.2, 0.25) is 0 Å². The molecule has 1 amide bonds. The normalized spacial score (nSPS) is 14.5. The quantitative estimate of drug-likeness (QED) is 0.295. The van der Waals surface area contributed by atoms with Crippen LogP contribution in [0.5, 0.6) is 0 Å². The molecule has 0 bridgehead atoms. The first-order chi connectivity index (χ1) is 15.1. The van der Waals surface area contributed by atoms with Gasteiger partial charge in [0.15, 0.2) is 5.96 Å². The summed E-state index contributed by atoms with van der Waals surface area (Å²) < 4.78 is 0. The summed E-state index contributed by atoms with van der Waals surface area (Å²) in [4.78, 5) is 21.0. The Balaban J connectivity index is 0.00000363. The van der Waals surface area contributed by atoms with Crippen molar-refractivity contribution in [1.82, 2.24) is 15.5 Å². The molecule has 2 aromatic rings. The molecule has 1 aliphatic rings. The van der Waals surface area contributed by atoms with Gasteiger partial charge >= 0.3 is 0 Å². The number of hydrogen-bond donors (Lipinski definition) is 2. The standard InChI is InChI=1S/C25H35N5O.HI/c1-20(22-12-9-13-23(18-22)30-16-7-8-17-30)28-25(26-2)27-15-14-24(31)29(3)19-21-10-5-4-6-11-21;/h4-6,9-13,18,20H,7-8,14-17,19H2,1-3H3,(H2,26,27,28);1H. The Morgan fingerprint density at radius 1 is 1.12 bits per heavy atom. The maximum atomic E-state index is 12.4. The van der Waals surface area contributed by atoms with E-state index < -0.39 is 0 Å². The summed E-state index contributed by atoms with van der Waals surface area (Å²) in [5.74, 6) is 0.816. The molecule has 1 aliphatic heterocycles. The summed E-state index contributed by atoms with van der Waals surface area (Å²) in [5, 5.41) is 6.71. The predicted octanol–water partition coefficient (Wildman–Crippen LogP) is 4.18. The minimum Gasteiger partial charge on any atom is -0.372 e. The number of amides is 1. The van der Waals surface area contributed by atoms with Gasteiger partial charge in [-0.05, 0) is 43.0 Å².